The number of aryl methyl sites for hydroxylation is 1. The number of rotatable bonds is 4. The molecule has 90 valence electrons. The largest absolute Gasteiger partial charge is 0.372 e. The molecule has 0 saturated heterocycles. The van der Waals surface area contributed by atoms with Crippen molar-refractivity contribution in [1.29, 1.82) is 0 Å². The summed E-state index contributed by atoms with van der Waals surface area (Å²) in [6.07, 6.45) is 1.52. The number of anilines is 2. The number of halogens is 1. The van der Waals surface area contributed by atoms with Gasteiger partial charge in [0.1, 0.15) is 27.4 Å². The smallest absolute Gasteiger partial charge is 0.146 e. The first-order valence-electron chi connectivity index (χ1n) is 5.04. The molecule has 0 unspecified atom stereocenters. The summed E-state index contributed by atoms with van der Waals surface area (Å²) in [6, 6.07) is 0. The molecule has 5 nitrogen and oxygen atoms in total. The summed E-state index contributed by atoms with van der Waals surface area (Å²) in [5.74, 6) is 1.52. The highest BCUT2D eigenvalue weighted by molar-refractivity contribution is 9.10. The van der Waals surface area contributed by atoms with Crippen LogP contribution in [-0.2, 0) is 6.54 Å². The maximum atomic E-state index is 4.38. The zero-order chi connectivity index (χ0) is 12.3. The minimum Gasteiger partial charge on any atom is -0.372 e. The summed E-state index contributed by atoms with van der Waals surface area (Å²) < 4.78 is 0.829. The van der Waals surface area contributed by atoms with Crippen molar-refractivity contribution < 1.29 is 0 Å². The van der Waals surface area contributed by atoms with Crippen LogP contribution in [0.1, 0.15) is 10.7 Å². The molecule has 0 atom stereocenters. The van der Waals surface area contributed by atoms with Crippen molar-refractivity contribution in [2.75, 3.05) is 17.7 Å². The van der Waals surface area contributed by atoms with Gasteiger partial charge in [-0.15, -0.1) is 11.3 Å². The zero-order valence-electron chi connectivity index (χ0n) is 9.49. The molecular weight excluding hydrogens is 302 g/mol. The van der Waals surface area contributed by atoms with Gasteiger partial charge in [0.05, 0.1) is 6.54 Å². The Balaban J connectivity index is 2.09. The first kappa shape index (κ1) is 12.3. The van der Waals surface area contributed by atoms with Gasteiger partial charge in [-0.05, 0) is 22.9 Å². The Hall–Kier alpha value is -1.21. The van der Waals surface area contributed by atoms with Crippen LogP contribution in [0.25, 0.3) is 0 Å². The molecule has 2 N–H and O–H groups in total. The predicted molar refractivity (Wildman–Crippen MR) is 73.5 cm³/mol. The lowest BCUT2D eigenvalue weighted by Crippen LogP contribution is -2.04. The van der Waals surface area contributed by atoms with E-state index in [-0.39, 0.29) is 0 Å². The third-order valence-corrected chi connectivity index (χ3v) is 3.82. The Kier molecular flexibility index (Phi) is 3.90. The molecule has 0 spiro atoms. The van der Waals surface area contributed by atoms with Gasteiger partial charge in [-0.3, -0.25) is 0 Å². The van der Waals surface area contributed by atoms with Crippen LogP contribution in [0.3, 0.4) is 0 Å². The summed E-state index contributed by atoms with van der Waals surface area (Å²) in [7, 11) is 1.82. The van der Waals surface area contributed by atoms with E-state index in [1.54, 1.807) is 11.3 Å². The zero-order valence-corrected chi connectivity index (χ0v) is 11.9. The second-order valence-corrected chi connectivity index (χ2v) is 5.11. The second kappa shape index (κ2) is 5.42. The lowest BCUT2D eigenvalue weighted by molar-refractivity contribution is 1.04. The highest BCUT2D eigenvalue weighted by atomic mass is 79.9. The van der Waals surface area contributed by atoms with Crippen LogP contribution in [0, 0.1) is 6.92 Å². The van der Waals surface area contributed by atoms with E-state index in [0.29, 0.717) is 6.54 Å². The lowest BCUT2D eigenvalue weighted by Gasteiger charge is -2.08. The SMILES string of the molecule is CNc1ncnc(NCc2nc(C)cs2)c1Br. The lowest BCUT2D eigenvalue weighted by atomic mass is 10.5. The monoisotopic (exact) mass is 313 g/mol. The fraction of sp³-hybridized carbons (Fsp3) is 0.300. The van der Waals surface area contributed by atoms with Crippen molar-refractivity contribution in [3.8, 4) is 0 Å². The molecule has 2 heterocycles. The van der Waals surface area contributed by atoms with Crippen molar-refractivity contribution >= 4 is 38.9 Å². The molecule has 0 amide bonds. The van der Waals surface area contributed by atoms with Crippen molar-refractivity contribution in [3.63, 3.8) is 0 Å². The van der Waals surface area contributed by atoms with Gasteiger partial charge in [-0.2, -0.15) is 0 Å². The highest BCUT2D eigenvalue weighted by Gasteiger charge is 2.07. The van der Waals surface area contributed by atoms with Gasteiger partial charge in [-0.25, -0.2) is 15.0 Å². The van der Waals surface area contributed by atoms with Gasteiger partial charge in [-0.1, -0.05) is 0 Å². The fourth-order valence-electron chi connectivity index (χ4n) is 1.31. The van der Waals surface area contributed by atoms with E-state index in [9.17, 15) is 0 Å². The third kappa shape index (κ3) is 2.92. The van der Waals surface area contributed by atoms with Crippen LogP contribution in [-0.4, -0.2) is 22.0 Å². The molecule has 0 aliphatic heterocycles. The molecule has 17 heavy (non-hydrogen) atoms. The molecule has 2 aromatic heterocycles. The summed E-state index contributed by atoms with van der Waals surface area (Å²) in [4.78, 5) is 12.7. The Labute approximate surface area is 112 Å². The molecule has 0 radical (unpaired) electrons. The summed E-state index contributed by atoms with van der Waals surface area (Å²) >= 11 is 5.09. The minimum atomic E-state index is 0.664. The number of thiazole rings is 1. The molecule has 2 rings (SSSR count). The quantitative estimate of drug-likeness (QED) is 0.908. The molecule has 7 heteroatoms. The van der Waals surface area contributed by atoms with Crippen LogP contribution < -0.4 is 10.6 Å². The van der Waals surface area contributed by atoms with E-state index in [0.717, 1.165) is 26.8 Å². The summed E-state index contributed by atoms with van der Waals surface area (Å²) in [5, 5.41) is 9.29. The van der Waals surface area contributed by atoms with Crippen molar-refractivity contribution in [2.24, 2.45) is 0 Å². The van der Waals surface area contributed by atoms with Gasteiger partial charge < -0.3 is 10.6 Å². The van der Waals surface area contributed by atoms with Crippen LogP contribution in [0.4, 0.5) is 11.6 Å². The van der Waals surface area contributed by atoms with Gasteiger partial charge in [0, 0.05) is 18.1 Å². The molecule has 0 bridgehead atoms. The molecule has 0 aliphatic rings. The van der Waals surface area contributed by atoms with Crippen LogP contribution in [0.5, 0.6) is 0 Å². The fourth-order valence-corrected chi connectivity index (χ4v) is 2.57. The average Bonchev–Trinajstić information content (AvgIpc) is 2.74. The maximum absolute atomic E-state index is 4.38. The van der Waals surface area contributed by atoms with Crippen molar-refractivity contribution in [2.45, 2.75) is 13.5 Å². The van der Waals surface area contributed by atoms with Gasteiger partial charge in [0.15, 0.2) is 0 Å². The molecule has 0 saturated carbocycles. The summed E-state index contributed by atoms with van der Waals surface area (Å²) in [5.41, 5.74) is 1.05. The van der Waals surface area contributed by atoms with Crippen molar-refractivity contribution in [1.82, 2.24) is 15.0 Å². The highest BCUT2D eigenvalue weighted by Crippen LogP contribution is 2.26. The van der Waals surface area contributed by atoms with E-state index >= 15 is 0 Å². The van der Waals surface area contributed by atoms with E-state index in [4.69, 9.17) is 0 Å². The second-order valence-electron chi connectivity index (χ2n) is 3.37. The van der Waals surface area contributed by atoms with Gasteiger partial charge >= 0.3 is 0 Å². The first-order chi connectivity index (χ1) is 8.20. The van der Waals surface area contributed by atoms with E-state index in [2.05, 4.69) is 41.5 Å². The predicted octanol–water partition coefficient (Wildman–Crippen LogP) is 2.66. The molecular formula is C10H12BrN5S. The van der Waals surface area contributed by atoms with Crippen LogP contribution >= 0.6 is 27.3 Å². The van der Waals surface area contributed by atoms with E-state index in [1.807, 2.05) is 19.4 Å². The van der Waals surface area contributed by atoms with Gasteiger partial charge in [0.25, 0.3) is 0 Å². The molecule has 2 aromatic rings. The molecule has 0 fully saturated rings. The van der Waals surface area contributed by atoms with Crippen LogP contribution in [0.15, 0.2) is 16.2 Å². The standard InChI is InChI=1S/C10H12BrN5S/c1-6-4-17-7(16-6)3-13-10-8(11)9(12-2)14-5-15-10/h4-5H,3H2,1-2H3,(H2,12,13,14,15). The normalized spacial score (nSPS) is 10.3. The number of hydrogen-bond acceptors (Lipinski definition) is 6. The van der Waals surface area contributed by atoms with Gasteiger partial charge in [0.2, 0.25) is 0 Å². The Bertz CT molecular complexity index is 513. The third-order valence-electron chi connectivity index (χ3n) is 2.10. The minimum absolute atomic E-state index is 0.664. The Morgan fingerprint density at radius 2 is 2.12 bits per heavy atom. The van der Waals surface area contributed by atoms with E-state index in [1.165, 1.54) is 6.33 Å². The molecule has 0 aromatic carbocycles. The summed E-state index contributed by atoms with van der Waals surface area (Å²) in [6.45, 7) is 2.65. The van der Waals surface area contributed by atoms with Crippen LogP contribution in [0.2, 0.25) is 0 Å². The number of nitrogens with zero attached hydrogens (tertiary/aromatic N) is 3. The number of hydrogen-bond donors (Lipinski definition) is 2. The molecule has 0 aliphatic carbocycles. The topological polar surface area (TPSA) is 62.7 Å². The van der Waals surface area contributed by atoms with Crippen molar-refractivity contribution in [3.05, 3.63) is 26.9 Å². The maximum Gasteiger partial charge on any atom is 0.146 e. The Morgan fingerprint density at radius 1 is 1.35 bits per heavy atom. The Morgan fingerprint density at radius 3 is 2.76 bits per heavy atom. The van der Waals surface area contributed by atoms with E-state index < -0.39 is 0 Å². The number of aromatic nitrogens is 3. The average molecular weight is 314 g/mol. The first-order valence-corrected chi connectivity index (χ1v) is 6.71. The number of nitrogens with one attached hydrogen (secondary N) is 2.